The Morgan fingerprint density at radius 1 is 0.714 bits per heavy atom. The third kappa shape index (κ3) is 13.7. The minimum atomic E-state index is -0.314. The van der Waals surface area contributed by atoms with Crippen LogP contribution in [0.3, 0.4) is 0 Å². The first-order valence-electron chi connectivity index (χ1n) is 24.2. The van der Waals surface area contributed by atoms with Crippen LogP contribution in [0.5, 0.6) is 17.2 Å². The van der Waals surface area contributed by atoms with Gasteiger partial charge in [-0.2, -0.15) is 0 Å². The zero-order chi connectivity index (χ0) is 49.1. The summed E-state index contributed by atoms with van der Waals surface area (Å²) in [6.45, 7) is 16.7. The van der Waals surface area contributed by atoms with E-state index in [1.165, 1.54) is 4.90 Å². The molecule has 2 aliphatic rings. The standard InChI is InChI=1S/C55H69N5O10/c1-6-21-60-54(61)44-9-7-8-43-46(15-13-45(53(43)44)55(60)62)56-19-18-42-12-17-49(52(39-42)70-36-32-64-5)59-24-29-68-50-37-40(2)10-14-47(50)57-20-26-65-34-35-67-28-23-58(22-27-66-33-31-63-4)48-16-11-41(3)38-51(48)69-30-25-59/h6-17,37-39,56-57H,1,18-36H2,2-5H3. The Kier molecular flexibility index (Phi) is 19.5. The number of imide groups is 1. The summed E-state index contributed by atoms with van der Waals surface area (Å²) in [6.07, 6.45) is 2.24. The van der Waals surface area contributed by atoms with Crippen molar-refractivity contribution < 1.29 is 47.5 Å². The normalized spacial score (nSPS) is 15.2. The molecule has 70 heavy (non-hydrogen) atoms. The summed E-state index contributed by atoms with van der Waals surface area (Å²) in [6, 6.07) is 28.1. The van der Waals surface area contributed by atoms with E-state index >= 15 is 0 Å². The number of benzene rings is 5. The zero-order valence-electron chi connectivity index (χ0n) is 41.2. The van der Waals surface area contributed by atoms with Gasteiger partial charge >= 0.3 is 0 Å². The quantitative estimate of drug-likeness (QED) is 0.0532. The van der Waals surface area contributed by atoms with Crippen molar-refractivity contribution in [2.45, 2.75) is 20.3 Å². The number of hydrogen-bond donors (Lipinski definition) is 2. The van der Waals surface area contributed by atoms with Crippen molar-refractivity contribution in [3.8, 4) is 17.2 Å². The van der Waals surface area contributed by atoms with E-state index in [9.17, 15) is 9.59 Å². The van der Waals surface area contributed by atoms with Gasteiger partial charge in [0.05, 0.1) is 83.0 Å². The molecule has 0 saturated carbocycles. The zero-order valence-corrected chi connectivity index (χ0v) is 41.2. The maximum atomic E-state index is 13.4. The van der Waals surface area contributed by atoms with Crippen LogP contribution in [0.1, 0.15) is 37.4 Å². The van der Waals surface area contributed by atoms with Gasteiger partial charge in [-0.15, -0.1) is 6.58 Å². The fraction of sp³-hybridized carbons (Fsp3) is 0.418. The van der Waals surface area contributed by atoms with Crippen LogP contribution in [0.4, 0.5) is 22.7 Å². The summed E-state index contributed by atoms with van der Waals surface area (Å²) in [5.74, 6) is 1.64. The van der Waals surface area contributed by atoms with Gasteiger partial charge in [0.25, 0.3) is 11.8 Å². The molecule has 2 aliphatic heterocycles. The highest BCUT2D eigenvalue weighted by Gasteiger charge is 2.32. The van der Waals surface area contributed by atoms with Gasteiger partial charge in [0, 0.05) is 74.5 Å². The number of hydrogen-bond acceptors (Lipinski definition) is 14. The smallest absolute Gasteiger partial charge is 0.261 e. The van der Waals surface area contributed by atoms with Crippen LogP contribution in [0, 0.1) is 13.8 Å². The molecule has 15 heteroatoms. The molecule has 0 saturated heterocycles. The fourth-order valence-corrected chi connectivity index (χ4v) is 8.57. The molecule has 0 atom stereocenters. The third-order valence-corrected chi connectivity index (χ3v) is 12.1. The highest BCUT2D eigenvalue weighted by molar-refractivity contribution is 6.26. The lowest BCUT2D eigenvalue weighted by Gasteiger charge is -2.29. The Morgan fingerprint density at radius 2 is 1.43 bits per heavy atom. The lowest BCUT2D eigenvalue weighted by Crippen LogP contribution is -2.40. The number of aryl methyl sites for hydroxylation is 2. The van der Waals surface area contributed by atoms with Crippen molar-refractivity contribution in [2.24, 2.45) is 0 Å². The Hall–Kier alpha value is -6.36. The fourth-order valence-electron chi connectivity index (χ4n) is 8.57. The van der Waals surface area contributed by atoms with Crippen LogP contribution in [0.15, 0.2) is 97.6 Å². The molecule has 0 radical (unpaired) electrons. The van der Waals surface area contributed by atoms with E-state index in [-0.39, 0.29) is 18.4 Å². The van der Waals surface area contributed by atoms with Crippen LogP contribution in [0.25, 0.3) is 10.8 Å². The van der Waals surface area contributed by atoms with Crippen LogP contribution in [0.2, 0.25) is 0 Å². The number of ether oxygens (including phenoxy) is 8. The van der Waals surface area contributed by atoms with E-state index in [0.29, 0.717) is 135 Å². The average Bonchev–Trinajstić information content (AvgIpc) is 3.36. The second kappa shape index (κ2) is 26.6. The van der Waals surface area contributed by atoms with Gasteiger partial charge in [0.1, 0.15) is 37.1 Å². The molecule has 15 nitrogen and oxygen atoms in total. The van der Waals surface area contributed by atoms with Crippen molar-refractivity contribution in [1.82, 2.24) is 4.90 Å². The minimum Gasteiger partial charge on any atom is -0.490 e. The van der Waals surface area contributed by atoms with Crippen LogP contribution in [-0.4, -0.2) is 149 Å². The molecule has 0 spiro atoms. The van der Waals surface area contributed by atoms with Crippen molar-refractivity contribution in [3.63, 3.8) is 0 Å². The molecule has 0 aliphatic carbocycles. The highest BCUT2D eigenvalue weighted by atomic mass is 16.5. The van der Waals surface area contributed by atoms with E-state index in [4.69, 9.17) is 37.9 Å². The molecule has 0 fully saturated rings. The molecule has 2 N–H and O–H groups in total. The number of carbonyl (C=O) groups excluding carboxylic acids is 2. The molecular formula is C55H69N5O10. The molecular weight excluding hydrogens is 891 g/mol. The largest absolute Gasteiger partial charge is 0.490 e. The Bertz CT molecular complexity index is 2500. The topological polar surface area (TPSA) is 142 Å². The van der Waals surface area contributed by atoms with E-state index in [0.717, 1.165) is 62.1 Å². The second-order valence-corrected chi connectivity index (χ2v) is 17.1. The molecule has 5 aromatic rings. The van der Waals surface area contributed by atoms with E-state index < -0.39 is 0 Å². The summed E-state index contributed by atoms with van der Waals surface area (Å²) < 4.78 is 48.3. The average molecular weight is 960 g/mol. The van der Waals surface area contributed by atoms with E-state index in [1.54, 1.807) is 32.4 Å². The predicted molar refractivity (Wildman–Crippen MR) is 276 cm³/mol. The summed E-state index contributed by atoms with van der Waals surface area (Å²) in [7, 11) is 3.33. The molecule has 5 aromatic carbocycles. The van der Waals surface area contributed by atoms with Gasteiger partial charge in [-0.05, 0) is 91.6 Å². The highest BCUT2D eigenvalue weighted by Crippen LogP contribution is 2.36. The number of carbonyl (C=O) groups is 2. The van der Waals surface area contributed by atoms with Crippen LogP contribution < -0.4 is 34.6 Å². The number of nitrogens with zero attached hydrogens (tertiary/aromatic N) is 3. The maximum Gasteiger partial charge on any atom is 0.261 e. The van der Waals surface area contributed by atoms with E-state index in [2.05, 4.69) is 89.4 Å². The van der Waals surface area contributed by atoms with Crippen molar-refractivity contribution >= 4 is 45.3 Å². The molecule has 0 aromatic heterocycles. The van der Waals surface area contributed by atoms with Crippen molar-refractivity contribution in [2.75, 3.05) is 153 Å². The summed E-state index contributed by atoms with van der Waals surface area (Å²) >= 11 is 0. The SMILES string of the molecule is C=CCN1C(=O)c2cccc3c(NCCc4ccc(N5CCOc6cc(C)ccc6NCCOCCOCCN(CCOCCOC)c6ccc(C)cc6OCC5)c(OCCOC)c4)ccc(c23)C1=O. The minimum absolute atomic E-state index is 0.155. The lowest BCUT2D eigenvalue weighted by molar-refractivity contribution is 0.0528. The van der Waals surface area contributed by atoms with Crippen LogP contribution >= 0.6 is 0 Å². The summed E-state index contributed by atoms with van der Waals surface area (Å²) in [5.41, 5.74) is 7.88. The molecule has 0 unspecified atom stereocenters. The lowest BCUT2D eigenvalue weighted by atomic mass is 9.93. The van der Waals surface area contributed by atoms with E-state index in [1.807, 2.05) is 24.3 Å². The second-order valence-electron chi connectivity index (χ2n) is 17.1. The van der Waals surface area contributed by atoms with Gasteiger partial charge in [0.15, 0.2) is 0 Å². The number of rotatable bonds is 17. The van der Waals surface area contributed by atoms with Gasteiger partial charge < -0.3 is 58.3 Å². The number of amides is 2. The van der Waals surface area contributed by atoms with Crippen molar-refractivity contribution in [3.05, 3.63) is 125 Å². The summed E-state index contributed by atoms with van der Waals surface area (Å²) in [5, 5.41) is 8.58. The number of methoxy groups -OCH3 is 2. The summed E-state index contributed by atoms with van der Waals surface area (Å²) in [4.78, 5) is 32.4. The molecule has 374 valence electrons. The van der Waals surface area contributed by atoms with Gasteiger partial charge in [-0.25, -0.2) is 0 Å². The third-order valence-electron chi connectivity index (χ3n) is 12.1. The van der Waals surface area contributed by atoms with Gasteiger partial charge in [-0.1, -0.05) is 36.4 Å². The van der Waals surface area contributed by atoms with Gasteiger partial charge in [-0.3, -0.25) is 14.5 Å². The Morgan fingerprint density at radius 3 is 2.21 bits per heavy atom. The van der Waals surface area contributed by atoms with Gasteiger partial charge in [0.2, 0.25) is 0 Å². The first-order chi connectivity index (χ1) is 34.3. The number of anilines is 4. The number of nitrogens with one attached hydrogen (secondary N) is 2. The molecule has 7 rings (SSSR count). The van der Waals surface area contributed by atoms with Crippen LogP contribution in [-0.2, 0) is 30.1 Å². The monoisotopic (exact) mass is 960 g/mol. The first kappa shape index (κ1) is 51.5. The number of fused-ring (bicyclic) bond motifs is 2. The predicted octanol–water partition coefficient (Wildman–Crippen LogP) is 7.81. The van der Waals surface area contributed by atoms with Crippen molar-refractivity contribution in [1.29, 1.82) is 0 Å². The first-order valence-corrected chi connectivity index (χ1v) is 24.2. The molecule has 0 bridgehead atoms. The maximum absolute atomic E-state index is 13.4. The molecule has 2 heterocycles. The Labute approximate surface area is 412 Å². The Balaban J connectivity index is 1.13. The molecule has 2 amide bonds.